The molecule has 0 saturated carbocycles. The topological polar surface area (TPSA) is 51.0 Å². The van der Waals surface area contributed by atoms with Gasteiger partial charge in [-0.1, -0.05) is 38.1 Å². The number of anilines is 1. The SMILES string of the molecule is CCc1noc(CNc2ccc(C(C)C)cc2)n1. The van der Waals surface area contributed by atoms with Gasteiger partial charge in [-0.25, -0.2) is 0 Å². The lowest BCUT2D eigenvalue weighted by atomic mass is 10.0. The van der Waals surface area contributed by atoms with Gasteiger partial charge in [0.1, 0.15) is 0 Å². The molecule has 0 spiro atoms. The van der Waals surface area contributed by atoms with Crippen molar-refractivity contribution in [3.63, 3.8) is 0 Å². The maximum Gasteiger partial charge on any atom is 0.245 e. The first kappa shape index (κ1) is 12.6. The minimum absolute atomic E-state index is 0.558. The molecule has 0 fully saturated rings. The van der Waals surface area contributed by atoms with Crippen molar-refractivity contribution >= 4 is 5.69 Å². The molecule has 2 aromatic rings. The Morgan fingerprint density at radius 2 is 1.94 bits per heavy atom. The lowest BCUT2D eigenvalue weighted by molar-refractivity contribution is 0.378. The van der Waals surface area contributed by atoms with Crippen molar-refractivity contribution in [2.24, 2.45) is 0 Å². The van der Waals surface area contributed by atoms with Gasteiger partial charge >= 0.3 is 0 Å². The third-order valence-corrected chi connectivity index (χ3v) is 2.85. The number of aryl methyl sites for hydroxylation is 1. The van der Waals surface area contributed by atoms with E-state index in [0.717, 1.165) is 17.9 Å². The molecular formula is C14H19N3O. The van der Waals surface area contributed by atoms with Gasteiger partial charge in [0.2, 0.25) is 5.89 Å². The van der Waals surface area contributed by atoms with E-state index in [1.165, 1.54) is 5.56 Å². The normalized spacial score (nSPS) is 10.9. The van der Waals surface area contributed by atoms with Gasteiger partial charge in [-0.3, -0.25) is 0 Å². The van der Waals surface area contributed by atoms with Crippen LogP contribution in [0.3, 0.4) is 0 Å². The van der Waals surface area contributed by atoms with E-state index in [2.05, 4.69) is 53.6 Å². The van der Waals surface area contributed by atoms with Crippen LogP contribution < -0.4 is 5.32 Å². The largest absolute Gasteiger partial charge is 0.376 e. The van der Waals surface area contributed by atoms with Crippen LogP contribution in [0.15, 0.2) is 28.8 Å². The minimum atomic E-state index is 0.558. The maximum atomic E-state index is 5.12. The smallest absolute Gasteiger partial charge is 0.245 e. The standard InChI is InChI=1S/C14H19N3O/c1-4-13-16-14(18-17-13)9-15-12-7-5-11(6-8-12)10(2)3/h5-8,10,15H,4,9H2,1-3H3. The van der Waals surface area contributed by atoms with Crippen LogP contribution >= 0.6 is 0 Å². The van der Waals surface area contributed by atoms with E-state index in [4.69, 9.17) is 4.52 Å². The summed E-state index contributed by atoms with van der Waals surface area (Å²) in [7, 11) is 0. The molecule has 4 nitrogen and oxygen atoms in total. The van der Waals surface area contributed by atoms with Gasteiger partial charge in [-0.15, -0.1) is 0 Å². The van der Waals surface area contributed by atoms with E-state index in [1.807, 2.05) is 6.92 Å². The van der Waals surface area contributed by atoms with E-state index >= 15 is 0 Å². The third-order valence-electron chi connectivity index (χ3n) is 2.85. The highest BCUT2D eigenvalue weighted by molar-refractivity contribution is 5.45. The summed E-state index contributed by atoms with van der Waals surface area (Å²) >= 11 is 0. The van der Waals surface area contributed by atoms with Gasteiger partial charge in [-0.05, 0) is 23.6 Å². The van der Waals surface area contributed by atoms with Crippen LogP contribution in [0.4, 0.5) is 5.69 Å². The summed E-state index contributed by atoms with van der Waals surface area (Å²) in [5.41, 5.74) is 2.40. The number of hydrogen-bond donors (Lipinski definition) is 1. The van der Waals surface area contributed by atoms with Crippen LogP contribution in [0, 0.1) is 0 Å². The Kier molecular flexibility index (Phi) is 3.97. The summed E-state index contributed by atoms with van der Waals surface area (Å²) in [6, 6.07) is 8.43. The molecule has 1 aromatic carbocycles. The fourth-order valence-corrected chi connectivity index (χ4v) is 1.67. The van der Waals surface area contributed by atoms with Gasteiger partial charge in [0.05, 0.1) is 6.54 Å². The van der Waals surface area contributed by atoms with Crippen LogP contribution in [-0.4, -0.2) is 10.1 Å². The highest BCUT2D eigenvalue weighted by Gasteiger charge is 2.04. The molecule has 18 heavy (non-hydrogen) atoms. The molecule has 0 aliphatic rings. The average molecular weight is 245 g/mol. The zero-order chi connectivity index (χ0) is 13.0. The van der Waals surface area contributed by atoms with E-state index in [9.17, 15) is 0 Å². The lowest BCUT2D eigenvalue weighted by Crippen LogP contribution is -2.00. The van der Waals surface area contributed by atoms with E-state index in [1.54, 1.807) is 0 Å². The zero-order valence-electron chi connectivity index (χ0n) is 11.1. The summed E-state index contributed by atoms with van der Waals surface area (Å²) in [5, 5.41) is 7.13. The van der Waals surface area contributed by atoms with Crippen molar-refractivity contribution in [3.05, 3.63) is 41.5 Å². The van der Waals surface area contributed by atoms with Crippen LogP contribution in [0.25, 0.3) is 0 Å². The minimum Gasteiger partial charge on any atom is -0.376 e. The average Bonchev–Trinajstić information content (AvgIpc) is 2.85. The first-order valence-electron chi connectivity index (χ1n) is 6.34. The summed E-state index contributed by atoms with van der Waals surface area (Å²) in [4.78, 5) is 4.25. The van der Waals surface area contributed by atoms with Gasteiger partial charge in [0, 0.05) is 12.1 Å². The summed E-state index contributed by atoms with van der Waals surface area (Å²) in [6.45, 7) is 6.95. The molecule has 0 bridgehead atoms. The van der Waals surface area contributed by atoms with Crippen molar-refractivity contribution < 1.29 is 4.52 Å². The fraction of sp³-hybridized carbons (Fsp3) is 0.429. The Morgan fingerprint density at radius 1 is 1.22 bits per heavy atom. The molecule has 0 atom stereocenters. The Labute approximate surface area is 107 Å². The van der Waals surface area contributed by atoms with Crippen LogP contribution in [0.1, 0.15) is 44.0 Å². The first-order valence-corrected chi connectivity index (χ1v) is 6.34. The second kappa shape index (κ2) is 5.67. The summed E-state index contributed by atoms with van der Waals surface area (Å²) < 4.78 is 5.12. The second-order valence-electron chi connectivity index (χ2n) is 4.59. The summed E-state index contributed by atoms with van der Waals surface area (Å²) in [6.07, 6.45) is 0.798. The number of hydrogen-bond acceptors (Lipinski definition) is 4. The number of nitrogens with one attached hydrogen (secondary N) is 1. The molecule has 96 valence electrons. The molecule has 1 aromatic heterocycles. The van der Waals surface area contributed by atoms with Crippen molar-refractivity contribution in [1.29, 1.82) is 0 Å². The monoisotopic (exact) mass is 245 g/mol. The first-order chi connectivity index (χ1) is 8.69. The zero-order valence-corrected chi connectivity index (χ0v) is 11.1. The second-order valence-corrected chi connectivity index (χ2v) is 4.59. The third kappa shape index (κ3) is 3.09. The maximum absolute atomic E-state index is 5.12. The molecule has 1 heterocycles. The molecule has 4 heteroatoms. The molecule has 1 N–H and O–H groups in total. The highest BCUT2D eigenvalue weighted by atomic mass is 16.5. The lowest BCUT2D eigenvalue weighted by Gasteiger charge is -2.07. The highest BCUT2D eigenvalue weighted by Crippen LogP contribution is 2.17. The van der Waals surface area contributed by atoms with Crippen LogP contribution in [0.2, 0.25) is 0 Å². The molecule has 0 saturated heterocycles. The van der Waals surface area contributed by atoms with Gasteiger partial charge in [-0.2, -0.15) is 4.98 Å². The van der Waals surface area contributed by atoms with Crippen molar-refractivity contribution in [2.75, 3.05) is 5.32 Å². The number of aromatic nitrogens is 2. The molecule has 0 aliphatic carbocycles. The predicted molar refractivity (Wildman–Crippen MR) is 71.5 cm³/mol. The van der Waals surface area contributed by atoms with Crippen LogP contribution in [-0.2, 0) is 13.0 Å². The van der Waals surface area contributed by atoms with E-state index < -0.39 is 0 Å². The van der Waals surface area contributed by atoms with Crippen LogP contribution in [0.5, 0.6) is 0 Å². The fourth-order valence-electron chi connectivity index (χ4n) is 1.67. The molecule has 2 rings (SSSR count). The Balaban J connectivity index is 1.93. The molecule has 0 aliphatic heterocycles. The molecule has 0 amide bonds. The molecular weight excluding hydrogens is 226 g/mol. The predicted octanol–water partition coefficient (Wildman–Crippen LogP) is 3.37. The Morgan fingerprint density at radius 3 is 2.50 bits per heavy atom. The van der Waals surface area contributed by atoms with Gasteiger partial charge < -0.3 is 9.84 Å². The van der Waals surface area contributed by atoms with Crippen molar-refractivity contribution in [1.82, 2.24) is 10.1 Å². The van der Waals surface area contributed by atoms with Gasteiger partial charge in [0.15, 0.2) is 5.82 Å². The molecule has 0 radical (unpaired) electrons. The Hall–Kier alpha value is -1.84. The summed E-state index contributed by atoms with van der Waals surface area (Å²) in [5.74, 6) is 1.93. The quantitative estimate of drug-likeness (QED) is 0.877. The van der Waals surface area contributed by atoms with E-state index in [-0.39, 0.29) is 0 Å². The number of nitrogens with zero attached hydrogens (tertiary/aromatic N) is 2. The number of benzene rings is 1. The van der Waals surface area contributed by atoms with Gasteiger partial charge in [0.25, 0.3) is 0 Å². The van der Waals surface area contributed by atoms with E-state index in [0.29, 0.717) is 18.4 Å². The van der Waals surface area contributed by atoms with Crippen molar-refractivity contribution in [2.45, 2.75) is 39.7 Å². The van der Waals surface area contributed by atoms with Crippen molar-refractivity contribution in [3.8, 4) is 0 Å². The molecule has 0 unspecified atom stereocenters. The Bertz CT molecular complexity index is 488. The number of rotatable bonds is 5.